The highest BCUT2D eigenvalue weighted by atomic mass is 19.4. The summed E-state index contributed by atoms with van der Waals surface area (Å²) in [5, 5.41) is 11.7. The number of aromatic nitrogens is 1. The summed E-state index contributed by atoms with van der Waals surface area (Å²) >= 11 is 0. The number of carbonyl (C=O) groups excluding carboxylic acids is 3. The van der Waals surface area contributed by atoms with Gasteiger partial charge in [-0.2, -0.15) is 13.2 Å². The van der Waals surface area contributed by atoms with Crippen LogP contribution in [0.2, 0.25) is 0 Å². The zero-order valence-corrected chi connectivity index (χ0v) is 25.6. The molecule has 5 N–H and O–H groups in total. The van der Waals surface area contributed by atoms with Crippen molar-refractivity contribution in [3.05, 3.63) is 106 Å². The second kappa shape index (κ2) is 12.9. The van der Waals surface area contributed by atoms with Crippen LogP contribution in [-0.2, 0) is 11.0 Å². The highest BCUT2D eigenvalue weighted by Gasteiger charge is 2.31. The zero-order valence-electron chi connectivity index (χ0n) is 25.6. The van der Waals surface area contributed by atoms with E-state index in [4.69, 9.17) is 0 Å². The van der Waals surface area contributed by atoms with Crippen molar-refractivity contribution < 1.29 is 27.6 Å². The van der Waals surface area contributed by atoms with E-state index in [1.807, 2.05) is 32.8 Å². The van der Waals surface area contributed by atoms with Gasteiger partial charge in [-0.3, -0.25) is 14.4 Å². The predicted molar refractivity (Wildman–Crippen MR) is 173 cm³/mol. The number of rotatable bonds is 9. The molecule has 0 fully saturated rings. The zero-order chi connectivity index (χ0) is 33.2. The highest BCUT2D eigenvalue weighted by molar-refractivity contribution is 6.35. The van der Waals surface area contributed by atoms with Crippen LogP contribution < -0.4 is 21.3 Å². The first-order chi connectivity index (χ1) is 21.8. The Labute approximate surface area is 263 Å². The monoisotopic (exact) mass is 630 g/mol. The van der Waals surface area contributed by atoms with E-state index in [0.717, 1.165) is 17.7 Å². The molecule has 1 aromatic heterocycles. The van der Waals surface area contributed by atoms with Crippen molar-refractivity contribution in [2.24, 2.45) is 0 Å². The number of halogens is 3. The lowest BCUT2D eigenvalue weighted by Crippen LogP contribution is -2.31. The molecule has 4 aromatic rings. The summed E-state index contributed by atoms with van der Waals surface area (Å²) in [5.41, 5.74) is 5.04. The fraction of sp³-hybridized carbons (Fsp3) is 0.206. The summed E-state index contributed by atoms with van der Waals surface area (Å²) in [6, 6.07) is 16.3. The molecule has 9 nitrogen and oxygen atoms in total. The molecule has 12 heteroatoms. The molecule has 0 unspecified atom stereocenters. The lowest BCUT2D eigenvalue weighted by Gasteiger charge is -2.12. The molecular weight excluding hydrogens is 597 g/mol. The summed E-state index contributed by atoms with van der Waals surface area (Å²) in [4.78, 5) is 43.7. The maximum absolute atomic E-state index is 13.1. The molecule has 2 heterocycles. The van der Waals surface area contributed by atoms with Gasteiger partial charge in [0, 0.05) is 52.7 Å². The average Bonchev–Trinajstić information content (AvgIpc) is 3.45. The van der Waals surface area contributed by atoms with Crippen molar-refractivity contribution in [2.45, 2.75) is 20.0 Å². The number of benzene rings is 3. The number of alkyl halides is 3. The van der Waals surface area contributed by atoms with E-state index >= 15 is 0 Å². The molecular formula is C34H33F3N6O3. The van der Waals surface area contributed by atoms with Crippen LogP contribution in [0.1, 0.15) is 48.8 Å². The molecule has 46 heavy (non-hydrogen) atoms. The Morgan fingerprint density at radius 1 is 0.913 bits per heavy atom. The van der Waals surface area contributed by atoms with Crippen molar-refractivity contribution >= 4 is 52.1 Å². The molecule has 238 valence electrons. The Hall–Kier alpha value is -5.36. The first-order valence-electron chi connectivity index (χ1n) is 14.5. The topological polar surface area (TPSA) is 118 Å². The minimum absolute atomic E-state index is 0.115. The van der Waals surface area contributed by atoms with Crippen molar-refractivity contribution in [2.75, 3.05) is 43.1 Å². The lowest BCUT2D eigenvalue weighted by molar-refractivity contribution is -0.137. The van der Waals surface area contributed by atoms with Crippen LogP contribution in [0.25, 0.3) is 11.6 Å². The Morgan fingerprint density at radius 2 is 1.63 bits per heavy atom. The van der Waals surface area contributed by atoms with Crippen LogP contribution in [-0.4, -0.2) is 54.8 Å². The average molecular weight is 631 g/mol. The SMILES string of the molecule is Cc1[nH]c(C=C2C(=O)Nc3cc(Nc4cccc(NC(=O)c5cccc(C(F)(F)F)c5)c4)ccc32)c(C)c1C(=O)NCCN(C)C. The molecule has 0 radical (unpaired) electrons. The Kier molecular flexibility index (Phi) is 9.01. The first kappa shape index (κ1) is 32.0. The number of nitrogens with one attached hydrogen (secondary N) is 5. The maximum atomic E-state index is 13.1. The second-order valence-corrected chi connectivity index (χ2v) is 11.2. The van der Waals surface area contributed by atoms with E-state index in [-0.39, 0.29) is 17.4 Å². The molecule has 5 rings (SSSR count). The smallest absolute Gasteiger partial charge is 0.358 e. The normalized spacial score (nSPS) is 13.5. The fourth-order valence-corrected chi connectivity index (χ4v) is 5.18. The van der Waals surface area contributed by atoms with E-state index in [1.165, 1.54) is 12.1 Å². The summed E-state index contributed by atoms with van der Waals surface area (Å²) in [6.45, 7) is 4.89. The third kappa shape index (κ3) is 7.13. The fourth-order valence-electron chi connectivity index (χ4n) is 5.18. The van der Waals surface area contributed by atoms with Gasteiger partial charge < -0.3 is 31.2 Å². The molecule has 0 saturated heterocycles. The minimum atomic E-state index is -4.56. The maximum Gasteiger partial charge on any atom is 0.416 e. The van der Waals surface area contributed by atoms with E-state index in [1.54, 1.807) is 48.5 Å². The minimum Gasteiger partial charge on any atom is -0.358 e. The van der Waals surface area contributed by atoms with Crippen LogP contribution in [0.4, 0.5) is 35.9 Å². The molecule has 0 spiro atoms. The highest BCUT2D eigenvalue weighted by Crippen LogP contribution is 2.37. The summed E-state index contributed by atoms with van der Waals surface area (Å²) in [5.74, 6) is -1.13. The van der Waals surface area contributed by atoms with Gasteiger partial charge in [0.05, 0.1) is 22.4 Å². The summed E-state index contributed by atoms with van der Waals surface area (Å²) < 4.78 is 39.2. The van der Waals surface area contributed by atoms with Crippen molar-refractivity contribution in [1.82, 2.24) is 15.2 Å². The quantitative estimate of drug-likeness (QED) is 0.137. The molecule has 0 bridgehead atoms. The van der Waals surface area contributed by atoms with Crippen LogP contribution in [0.3, 0.4) is 0 Å². The standard InChI is InChI=1S/C34H33F3N6O3/c1-19-28(39-20(2)30(19)33(46)38-13-14-43(3)4)18-27-26-12-11-25(17-29(26)42-32(27)45)40-23-9-6-10-24(16-23)41-31(44)21-7-5-8-22(15-21)34(35,36)37/h5-12,15-18,39-40H,13-14H2,1-4H3,(H,38,46)(H,41,44)(H,42,45). The third-order valence-corrected chi connectivity index (χ3v) is 7.50. The van der Waals surface area contributed by atoms with Gasteiger partial charge in [-0.1, -0.05) is 18.2 Å². The van der Waals surface area contributed by atoms with Crippen LogP contribution in [0.15, 0.2) is 66.7 Å². The van der Waals surface area contributed by atoms with E-state index < -0.39 is 17.6 Å². The van der Waals surface area contributed by atoms with Gasteiger partial charge in [0.2, 0.25) is 0 Å². The summed E-state index contributed by atoms with van der Waals surface area (Å²) in [6.07, 6.45) is -2.82. The number of fused-ring (bicyclic) bond motifs is 1. The molecule has 1 aliphatic heterocycles. The number of aryl methyl sites for hydroxylation is 1. The number of anilines is 4. The number of nitrogens with zero attached hydrogens (tertiary/aromatic N) is 1. The van der Waals surface area contributed by atoms with Crippen LogP contribution in [0.5, 0.6) is 0 Å². The molecule has 1 aliphatic rings. The molecule has 3 amide bonds. The molecule has 3 aromatic carbocycles. The van der Waals surface area contributed by atoms with Gasteiger partial charge in [0.25, 0.3) is 17.7 Å². The van der Waals surface area contributed by atoms with Gasteiger partial charge >= 0.3 is 6.18 Å². The number of amides is 3. The van der Waals surface area contributed by atoms with E-state index in [0.29, 0.717) is 63.9 Å². The number of aromatic amines is 1. The van der Waals surface area contributed by atoms with Gasteiger partial charge in [-0.15, -0.1) is 0 Å². The van der Waals surface area contributed by atoms with Crippen molar-refractivity contribution in [3.63, 3.8) is 0 Å². The Balaban J connectivity index is 1.30. The number of H-pyrrole nitrogens is 1. The lowest BCUT2D eigenvalue weighted by atomic mass is 10.0. The Bertz CT molecular complexity index is 1860. The van der Waals surface area contributed by atoms with Crippen LogP contribution >= 0.6 is 0 Å². The third-order valence-electron chi connectivity index (χ3n) is 7.50. The molecule has 0 atom stereocenters. The predicted octanol–water partition coefficient (Wildman–Crippen LogP) is 6.43. The number of likely N-dealkylation sites (N-methyl/N-ethyl adjacent to an activating group) is 1. The van der Waals surface area contributed by atoms with E-state index in [2.05, 4.69) is 26.3 Å². The largest absolute Gasteiger partial charge is 0.416 e. The summed E-state index contributed by atoms with van der Waals surface area (Å²) in [7, 11) is 3.87. The van der Waals surface area contributed by atoms with Crippen LogP contribution in [0, 0.1) is 13.8 Å². The van der Waals surface area contributed by atoms with Gasteiger partial charge in [-0.25, -0.2) is 0 Å². The molecule has 0 aliphatic carbocycles. The first-order valence-corrected chi connectivity index (χ1v) is 14.5. The van der Waals surface area contributed by atoms with Crippen molar-refractivity contribution in [1.29, 1.82) is 0 Å². The molecule has 0 saturated carbocycles. The van der Waals surface area contributed by atoms with E-state index in [9.17, 15) is 27.6 Å². The Morgan fingerprint density at radius 3 is 2.37 bits per heavy atom. The second-order valence-electron chi connectivity index (χ2n) is 11.2. The number of hydrogen-bond acceptors (Lipinski definition) is 5. The van der Waals surface area contributed by atoms with Gasteiger partial charge in [0.15, 0.2) is 0 Å². The number of hydrogen-bond donors (Lipinski definition) is 5. The number of carbonyl (C=O) groups is 3. The van der Waals surface area contributed by atoms with Gasteiger partial charge in [0.1, 0.15) is 0 Å². The van der Waals surface area contributed by atoms with Gasteiger partial charge in [-0.05, 0) is 88.1 Å². The van der Waals surface area contributed by atoms with Crippen molar-refractivity contribution in [3.8, 4) is 0 Å².